The molecule has 0 N–H and O–H groups in total. The fourth-order valence-electron chi connectivity index (χ4n) is 1.27. The zero-order valence-corrected chi connectivity index (χ0v) is 10.5. The van der Waals surface area contributed by atoms with Gasteiger partial charge in [-0.1, -0.05) is 17.7 Å². The van der Waals surface area contributed by atoms with E-state index < -0.39 is 0 Å². The normalized spacial score (nSPS) is 12.7. The molecule has 5 heteroatoms. The van der Waals surface area contributed by atoms with Gasteiger partial charge in [-0.25, -0.2) is 0 Å². The quantitative estimate of drug-likeness (QED) is 0.779. The molecule has 1 aromatic heterocycles. The summed E-state index contributed by atoms with van der Waals surface area (Å²) in [5.74, 6) is 1.23. The van der Waals surface area contributed by atoms with E-state index in [4.69, 9.17) is 16.0 Å². The number of thioether (sulfide) groups is 1. The van der Waals surface area contributed by atoms with Crippen molar-refractivity contribution in [3.63, 3.8) is 0 Å². The third-order valence-corrected chi connectivity index (χ3v) is 3.31. The lowest BCUT2D eigenvalue weighted by Gasteiger charge is -2.06. The summed E-state index contributed by atoms with van der Waals surface area (Å²) in [6.45, 7) is 3.81. The second-order valence-electron chi connectivity index (χ2n) is 3.38. The Bertz CT molecular complexity index is 486. The predicted octanol–water partition coefficient (Wildman–Crippen LogP) is 3.88. The van der Waals surface area contributed by atoms with Gasteiger partial charge >= 0.3 is 0 Å². The van der Waals surface area contributed by atoms with Crippen molar-refractivity contribution in [1.82, 2.24) is 10.2 Å². The summed E-state index contributed by atoms with van der Waals surface area (Å²) in [6, 6.07) is 7.71. The van der Waals surface area contributed by atoms with Gasteiger partial charge in [0.1, 0.15) is 0 Å². The van der Waals surface area contributed by atoms with Crippen LogP contribution in [0.25, 0.3) is 0 Å². The van der Waals surface area contributed by atoms with Crippen LogP contribution in [0.15, 0.2) is 33.6 Å². The number of aromatic nitrogens is 2. The molecule has 0 saturated heterocycles. The Labute approximate surface area is 103 Å². The first-order valence-electron chi connectivity index (χ1n) is 4.87. The van der Waals surface area contributed by atoms with Crippen LogP contribution >= 0.6 is 23.4 Å². The van der Waals surface area contributed by atoms with Crippen LogP contribution in [0, 0.1) is 6.92 Å². The molecule has 0 unspecified atom stereocenters. The van der Waals surface area contributed by atoms with Crippen molar-refractivity contribution in [1.29, 1.82) is 0 Å². The van der Waals surface area contributed by atoms with E-state index in [9.17, 15) is 0 Å². The molecule has 0 amide bonds. The Morgan fingerprint density at radius 1 is 1.38 bits per heavy atom. The van der Waals surface area contributed by atoms with E-state index in [1.807, 2.05) is 31.2 Å². The molecule has 1 aromatic carbocycles. The SMILES string of the molecule is Cc1nnc([C@@H](C)Sc2cccc(Cl)c2)o1. The monoisotopic (exact) mass is 254 g/mol. The average molecular weight is 255 g/mol. The van der Waals surface area contributed by atoms with Crippen molar-refractivity contribution in [2.24, 2.45) is 0 Å². The summed E-state index contributed by atoms with van der Waals surface area (Å²) in [4.78, 5) is 1.09. The Morgan fingerprint density at radius 3 is 2.81 bits per heavy atom. The molecular formula is C11H11ClN2OS. The van der Waals surface area contributed by atoms with Crippen LogP contribution in [0.1, 0.15) is 24.0 Å². The number of halogens is 1. The van der Waals surface area contributed by atoms with Gasteiger partial charge in [-0.3, -0.25) is 0 Å². The number of hydrogen-bond acceptors (Lipinski definition) is 4. The molecule has 0 aliphatic heterocycles. The van der Waals surface area contributed by atoms with E-state index in [1.165, 1.54) is 0 Å². The van der Waals surface area contributed by atoms with Gasteiger partial charge in [-0.05, 0) is 25.1 Å². The number of rotatable bonds is 3. The minimum atomic E-state index is 0.125. The second kappa shape index (κ2) is 4.89. The fourth-order valence-corrected chi connectivity index (χ4v) is 2.48. The summed E-state index contributed by atoms with van der Waals surface area (Å²) in [5, 5.41) is 8.66. The molecule has 84 valence electrons. The van der Waals surface area contributed by atoms with Crippen LogP contribution in [0.5, 0.6) is 0 Å². The summed E-state index contributed by atoms with van der Waals surface area (Å²) >= 11 is 7.56. The number of nitrogens with zero attached hydrogens (tertiary/aromatic N) is 2. The van der Waals surface area contributed by atoms with Gasteiger partial charge in [0.2, 0.25) is 11.8 Å². The van der Waals surface area contributed by atoms with E-state index in [-0.39, 0.29) is 5.25 Å². The molecule has 0 fully saturated rings. The standard InChI is InChI=1S/C11H11ClN2OS/c1-7(11-14-13-8(2)15-11)16-10-5-3-4-9(12)6-10/h3-7H,1-2H3/t7-/m1/s1. The highest BCUT2D eigenvalue weighted by Gasteiger charge is 2.13. The minimum absolute atomic E-state index is 0.125. The highest BCUT2D eigenvalue weighted by atomic mass is 35.5. The Balaban J connectivity index is 2.10. The van der Waals surface area contributed by atoms with Crippen molar-refractivity contribution in [2.75, 3.05) is 0 Å². The number of aryl methyl sites for hydroxylation is 1. The van der Waals surface area contributed by atoms with Crippen LogP contribution in [-0.2, 0) is 0 Å². The van der Waals surface area contributed by atoms with E-state index in [2.05, 4.69) is 10.2 Å². The van der Waals surface area contributed by atoms with Gasteiger partial charge < -0.3 is 4.42 Å². The Hall–Kier alpha value is -1.00. The summed E-state index contributed by atoms with van der Waals surface area (Å²) in [5.41, 5.74) is 0. The topological polar surface area (TPSA) is 38.9 Å². The van der Waals surface area contributed by atoms with Crippen molar-refractivity contribution in [3.8, 4) is 0 Å². The maximum Gasteiger partial charge on any atom is 0.229 e. The molecule has 0 aliphatic carbocycles. The maximum absolute atomic E-state index is 5.91. The molecule has 1 atom stereocenters. The smallest absolute Gasteiger partial charge is 0.229 e. The van der Waals surface area contributed by atoms with Crippen LogP contribution in [0.3, 0.4) is 0 Å². The maximum atomic E-state index is 5.91. The molecule has 0 bridgehead atoms. The molecule has 0 radical (unpaired) electrons. The second-order valence-corrected chi connectivity index (χ2v) is 5.23. The van der Waals surface area contributed by atoms with Crippen molar-refractivity contribution < 1.29 is 4.42 Å². The molecule has 0 aliphatic rings. The van der Waals surface area contributed by atoms with Crippen LogP contribution in [0.2, 0.25) is 5.02 Å². The molecule has 2 rings (SSSR count). The predicted molar refractivity (Wildman–Crippen MR) is 64.8 cm³/mol. The highest BCUT2D eigenvalue weighted by molar-refractivity contribution is 7.99. The van der Waals surface area contributed by atoms with Gasteiger partial charge in [-0.2, -0.15) is 0 Å². The van der Waals surface area contributed by atoms with Crippen LogP contribution in [0.4, 0.5) is 0 Å². The molecule has 0 spiro atoms. The largest absolute Gasteiger partial charge is 0.424 e. The molecule has 0 saturated carbocycles. The minimum Gasteiger partial charge on any atom is -0.424 e. The molecular weight excluding hydrogens is 244 g/mol. The van der Waals surface area contributed by atoms with Crippen molar-refractivity contribution >= 4 is 23.4 Å². The van der Waals surface area contributed by atoms with Gasteiger partial charge in [-0.15, -0.1) is 22.0 Å². The highest BCUT2D eigenvalue weighted by Crippen LogP contribution is 2.34. The Morgan fingerprint density at radius 2 is 2.19 bits per heavy atom. The average Bonchev–Trinajstić information content (AvgIpc) is 2.65. The van der Waals surface area contributed by atoms with E-state index in [0.29, 0.717) is 11.8 Å². The van der Waals surface area contributed by atoms with Crippen molar-refractivity contribution in [3.05, 3.63) is 41.1 Å². The summed E-state index contributed by atoms with van der Waals surface area (Å²) < 4.78 is 5.37. The van der Waals surface area contributed by atoms with Crippen molar-refractivity contribution in [2.45, 2.75) is 24.0 Å². The number of benzene rings is 1. The zero-order valence-electron chi connectivity index (χ0n) is 8.98. The third kappa shape index (κ3) is 2.77. The van der Waals surface area contributed by atoms with Gasteiger partial charge in [0.05, 0.1) is 5.25 Å². The van der Waals surface area contributed by atoms with Crippen LogP contribution in [-0.4, -0.2) is 10.2 Å². The first kappa shape index (κ1) is 11.5. The molecule has 16 heavy (non-hydrogen) atoms. The van der Waals surface area contributed by atoms with Gasteiger partial charge in [0.15, 0.2) is 0 Å². The fraction of sp³-hybridized carbons (Fsp3) is 0.273. The molecule has 3 nitrogen and oxygen atoms in total. The first-order chi connectivity index (χ1) is 7.65. The molecule has 2 aromatic rings. The van der Waals surface area contributed by atoms with E-state index in [0.717, 1.165) is 9.92 Å². The lowest BCUT2D eigenvalue weighted by molar-refractivity contribution is 0.470. The number of hydrogen-bond donors (Lipinski definition) is 0. The van der Waals surface area contributed by atoms with Crippen LogP contribution < -0.4 is 0 Å². The first-order valence-corrected chi connectivity index (χ1v) is 6.13. The summed E-state index contributed by atoms with van der Waals surface area (Å²) in [7, 11) is 0. The lowest BCUT2D eigenvalue weighted by Crippen LogP contribution is -1.88. The summed E-state index contributed by atoms with van der Waals surface area (Å²) in [6.07, 6.45) is 0. The van der Waals surface area contributed by atoms with Gasteiger partial charge in [0.25, 0.3) is 0 Å². The molecule has 1 heterocycles. The third-order valence-electron chi connectivity index (χ3n) is 2.00. The Kier molecular flexibility index (Phi) is 3.51. The van der Waals surface area contributed by atoms with E-state index >= 15 is 0 Å². The van der Waals surface area contributed by atoms with Gasteiger partial charge in [0, 0.05) is 16.8 Å². The lowest BCUT2D eigenvalue weighted by atomic mass is 10.4. The van der Waals surface area contributed by atoms with E-state index in [1.54, 1.807) is 18.7 Å². The zero-order chi connectivity index (χ0) is 11.5.